The van der Waals surface area contributed by atoms with Crippen LogP contribution in [-0.2, 0) is 9.09 Å². The predicted molar refractivity (Wildman–Crippen MR) is 45.8 cm³/mol. The van der Waals surface area contributed by atoms with Crippen molar-refractivity contribution in [3.05, 3.63) is 0 Å². The van der Waals surface area contributed by atoms with Gasteiger partial charge in [-0.2, -0.15) is 0 Å². The average Bonchev–Trinajstić information content (AvgIpc) is 2.01. The van der Waals surface area contributed by atoms with E-state index in [2.05, 4.69) is 9.68 Å². The highest BCUT2D eigenvalue weighted by molar-refractivity contribution is 7.53. The second kappa shape index (κ2) is 6.17. The molecular formula is C6H14NO4P. The summed E-state index contributed by atoms with van der Waals surface area (Å²) in [5, 5.41) is 10.6. The van der Waals surface area contributed by atoms with Crippen LogP contribution in [0.5, 0.6) is 0 Å². The molecule has 0 spiro atoms. The number of unbranched alkanes of at least 4 members (excludes halogenated alkanes) is 1. The summed E-state index contributed by atoms with van der Waals surface area (Å²) >= 11 is 0. The molecule has 0 aromatic heterocycles. The van der Waals surface area contributed by atoms with Gasteiger partial charge in [0.25, 0.3) is 0 Å². The van der Waals surface area contributed by atoms with E-state index in [-0.39, 0.29) is 12.8 Å². The SMILES string of the molecule is CCCCOP(=O)(O)CC=NO. The monoisotopic (exact) mass is 195 g/mol. The largest absolute Gasteiger partial charge is 0.411 e. The van der Waals surface area contributed by atoms with Crippen LogP contribution in [0.4, 0.5) is 0 Å². The first-order chi connectivity index (χ1) is 5.62. The lowest BCUT2D eigenvalue weighted by molar-refractivity contribution is 0.258. The molecule has 0 bridgehead atoms. The van der Waals surface area contributed by atoms with Crippen LogP contribution in [0.15, 0.2) is 5.16 Å². The summed E-state index contributed by atoms with van der Waals surface area (Å²) in [6.45, 7) is 2.23. The quantitative estimate of drug-likeness (QED) is 0.221. The summed E-state index contributed by atoms with van der Waals surface area (Å²) in [7, 11) is -3.55. The molecule has 0 fully saturated rings. The average molecular weight is 195 g/mol. The Bertz CT molecular complexity index is 182. The minimum Gasteiger partial charge on any atom is -0.411 e. The fourth-order valence-electron chi connectivity index (χ4n) is 0.544. The third-order valence-electron chi connectivity index (χ3n) is 1.18. The van der Waals surface area contributed by atoms with Crippen molar-refractivity contribution in [2.45, 2.75) is 19.8 Å². The van der Waals surface area contributed by atoms with Crippen molar-refractivity contribution in [3.63, 3.8) is 0 Å². The van der Waals surface area contributed by atoms with Crippen molar-refractivity contribution in [2.75, 3.05) is 12.8 Å². The lowest BCUT2D eigenvalue weighted by atomic mass is 10.4. The first-order valence-electron chi connectivity index (χ1n) is 3.74. The molecule has 6 heteroatoms. The van der Waals surface area contributed by atoms with E-state index in [0.29, 0.717) is 0 Å². The second-order valence-corrected chi connectivity index (χ2v) is 4.20. The molecule has 0 amide bonds. The summed E-state index contributed by atoms with van der Waals surface area (Å²) in [5.74, 6) is 0. The van der Waals surface area contributed by atoms with Gasteiger partial charge in [-0.3, -0.25) is 4.57 Å². The zero-order valence-corrected chi connectivity index (χ0v) is 7.91. The molecule has 12 heavy (non-hydrogen) atoms. The Labute approximate surface area is 71.6 Å². The minimum absolute atomic E-state index is 0.243. The van der Waals surface area contributed by atoms with Gasteiger partial charge in [0.1, 0.15) is 0 Å². The van der Waals surface area contributed by atoms with Crippen molar-refractivity contribution in [1.29, 1.82) is 0 Å². The fourth-order valence-corrected chi connectivity index (χ4v) is 1.34. The van der Waals surface area contributed by atoms with Gasteiger partial charge in [0.15, 0.2) is 0 Å². The van der Waals surface area contributed by atoms with E-state index < -0.39 is 7.60 Å². The van der Waals surface area contributed by atoms with Crippen molar-refractivity contribution in [1.82, 2.24) is 0 Å². The molecule has 0 rings (SSSR count). The molecule has 1 atom stereocenters. The summed E-state index contributed by atoms with van der Waals surface area (Å²) in [6, 6.07) is 0. The highest BCUT2D eigenvalue weighted by Gasteiger charge is 2.16. The molecule has 0 aromatic carbocycles. The normalized spacial score (nSPS) is 16.5. The highest BCUT2D eigenvalue weighted by atomic mass is 31.2. The number of rotatable bonds is 6. The maximum Gasteiger partial charge on any atom is 0.333 e. The Hall–Kier alpha value is -0.380. The number of nitrogens with zero attached hydrogens (tertiary/aromatic N) is 1. The van der Waals surface area contributed by atoms with Crippen LogP contribution < -0.4 is 0 Å². The molecule has 2 N–H and O–H groups in total. The summed E-state index contributed by atoms with van der Waals surface area (Å²) in [4.78, 5) is 9.00. The van der Waals surface area contributed by atoms with Crippen LogP contribution in [0, 0.1) is 0 Å². The molecule has 0 aromatic rings. The Balaban J connectivity index is 3.64. The Morgan fingerprint density at radius 1 is 1.67 bits per heavy atom. The molecular weight excluding hydrogens is 181 g/mol. The predicted octanol–water partition coefficient (Wildman–Crippen LogP) is 1.45. The van der Waals surface area contributed by atoms with E-state index in [4.69, 9.17) is 10.1 Å². The molecule has 0 saturated heterocycles. The standard InChI is InChI=1S/C6H14NO4P/c1-2-3-5-11-12(9,10)6-4-7-8/h4,8H,2-3,5-6H2,1H3,(H,9,10). The van der Waals surface area contributed by atoms with Crippen molar-refractivity contribution < 1.29 is 19.2 Å². The molecule has 0 saturated carbocycles. The Morgan fingerprint density at radius 2 is 2.33 bits per heavy atom. The van der Waals surface area contributed by atoms with Crippen molar-refractivity contribution in [3.8, 4) is 0 Å². The van der Waals surface area contributed by atoms with E-state index >= 15 is 0 Å². The minimum atomic E-state index is -3.55. The van der Waals surface area contributed by atoms with E-state index in [0.717, 1.165) is 19.1 Å². The van der Waals surface area contributed by atoms with Crippen LogP contribution in [-0.4, -0.2) is 29.1 Å². The van der Waals surface area contributed by atoms with Gasteiger partial charge in [0, 0.05) is 0 Å². The lowest BCUT2D eigenvalue weighted by Gasteiger charge is -2.08. The van der Waals surface area contributed by atoms with Crippen LogP contribution in [0.2, 0.25) is 0 Å². The van der Waals surface area contributed by atoms with Crippen molar-refractivity contribution >= 4 is 13.8 Å². The Morgan fingerprint density at radius 3 is 2.83 bits per heavy atom. The van der Waals surface area contributed by atoms with Crippen molar-refractivity contribution in [2.24, 2.45) is 5.16 Å². The van der Waals surface area contributed by atoms with Gasteiger partial charge in [-0.1, -0.05) is 13.3 Å². The topological polar surface area (TPSA) is 79.1 Å². The maximum atomic E-state index is 11.0. The third kappa shape index (κ3) is 6.34. The van der Waals surface area contributed by atoms with Gasteiger partial charge in [-0.05, 0) is 6.42 Å². The maximum absolute atomic E-state index is 11.0. The van der Waals surface area contributed by atoms with E-state index in [1.54, 1.807) is 0 Å². The lowest BCUT2D eigenvalue weighted by Crippen LogP contribution is -1.97. The number of hydrogen-bond donors (Lipinski definition) is 2. The van der Waals surface area contributed by atoms with Gasteiger partial charge < -0.3 is 14.6 Å². The molecule has 0 aliphatic carbocycles. The third-order valence-corrected chi connectivity index (χ3v) is 2.40. The van der Waals surface area contributed by atoms with Gasteiger partial charge in [-0.25, -0.2) is 0 Å². The zero-order chi connectivity index (χ0) is 9.45. The zero-order valence-electron chi connectivity index (χ0n) is 7.01. The smallest absolute Gasteiger partial charge is 0.333 e. The van der Waals surface area contributed by atoms with Crippen LogP contribution in [0.3, 0.4) is 0 Å². The molecule has 0 aliphatic heterocycles. The molecule has 0 radical (unpaired) electrons. The first-order valence-corrected chi connectivity index (χ1v) is 5.51. The molecule has 5 nitrogen and oxygen atoms in total. The second-order valence-electron chi connectivity index (χ2n) is 2.30. The first kappa shape index (κ1) is 11.6. The summed E-state index contributed by atoms with van der Waals surface area (Å²) < 4.78 is 15.7. The summed E-state index contributed by atoms with van der Waals surface area (Å²) in [6.07, 6.45) is 2.37. The molecule has 1 unspecified atom stereocenters. The summed E-state index contributed by atoms with van der Waals surface area (Å²) in [5.41, 5.74) is 0. The molecule has 0 aliphatic rings. The Kier molecular flexibility index (Phi) is 5.98. The fraction of sp³-hybridized carbons (Fsp3) is 0.833. The van der Waals surface area contributed by atoms with Crippen LogP contribution in [0.25, 0.3) is 0 Å². The van der Waals surface area contributed by atoms with Crippen LogP contribution >= 0.6 is 7.60 Å². The van der Waals surface area contributed by atoms with Gasteiger partial charge in [0.2, 0.25) is 0 Å². The van der Waals surface area contributed by atoms with E-state index in [1.807, 2.05) is 6.92 Å². The van der Waals surface area contributed by atoms with Gasteiger partial charge in [0.05, 0.1) is 19.0 Å². The molecule has 72 valence electrons. The van der Waals surface area contributed by atoms with Crippen LogP contribution in [0.1, 0.15) is 19.8 Å². The highest BCUT2D eigenvalue weighted by Crippen LogP contribution is 2.40. The van der Waals surface area contributed by atoms with Gasteiger partial charge >= 0.3 is 7.60 Å². The number of oxime groups is 1. The number of hydrogen-bond acceptors (Lipinski definition) is 4. The van der Waals surface area contributed by atoms with E-state index in [9.17, 15) is 4.57 Å². The molecule has 0 heterocycles. The van der Waals surface area contributed by atoms with E-state index in [1.165, 1.54) is 0 Å². The van der Waals surface area contributed by atoms with Gasteiger partial charge in [-0.15, -0.1) is 5.16 Å².